The second-order valence-electron chi connectivity index (χ2n) is 6.98. The second-order valence-corrected chi connectivity index (χ2v) is 7.42. The maximum atomic E-state index is 12.1. The highest BCUT2D eigenvalue weighted by Gasteiger charge is 2.07. The molecule has 0 aliphatic carbocycles. The summed E-state index contributed by atoms with van der Waals surface area (Å²) in [5, 5.41) is 4.61. The van der Waals surface area contributed by atoms with Crippen LogP contribution in [0, 0.1) is 6.92 Å². The molecule has 3 aromatic carbocycles. The van der Waals surface area contributed by atoms with Gasteiger partial charge in [0.1, 0.15) is 11.5 Å². The quantitative estimate of drug-likeness (QED) is 0.160. The molecule has 0 saturated carbocycles. The Hall–Kier alpha value is -3.64. The van der Waals surface area contributed by atoms with E-state index in [4.69, 9.17) is 21.1 Å². The van der Waals surface area contributed by atoms with Crippen molar-refractivity contribution in [2.75, 3.05) is 6.61 Å². The summed E-state index contributed by atoms with van der Waals surface area (Å²) in [6, 6.07) is 21.0. The number of hydrogen-bond acceptors (Lipinski definition) is 5. The zero-order valence-corrected chi connectivity index (χ0v) is 18.3. The fourth-order valence-corrected chi connectivity index (χ4v) is 3.01. The van der Waals surface area contributed by atoms with E-state index in [0.29, 0.717) is 35.8 Å². The van der Waals surface area contributed by atoms with Gasteiger partial charge in [-0.1, -0.05) is 29.8 Å². The molecule has 1 amide bonds. The van der Waals surface area contributed by atoms with Crippen LogP contribution in [0.3, 0.4) is 0 Å². The van der Waals surface area contributed by atoms with Crippen LogP contribution in [0.2, 0.25) is 5.02 Å². The van der Waals surface area contributed by atoms with Crippen molar-refractivity contribution >= 4 is 29.7 Å². The van der Waals surface area contributed by atoms with E-state index in [1.54, 1.807) is 54.6 Å². The summed E-state index contributed by atoms with van der Waals surface area (Å²) in [5.74, 6) is 0.558. The lowest BCUT2D eigenvalue weighted by molar-refractivity contribution is -0.121. The molecule has 1 N–H and O–H groups in total. The van der Waals surface area contributed by atoms with Crippen LogP contribution in [0.1, 0.15) is 34.3 Å². The number of carbonyl (C=O) groups excluding carboxylic acids is 2. The molecule has 3 aromatic rings. The van der Waals surface area contributed by atoms with Crippen LogP contribution in [-0.4, -0.2) is 24.7 Å². The minimum absolute atomic E-state index is 0.203. The van der Waals surface area contributed by atoms with E-state index < -0.39 is 5.97 Å². The lowest BCUT2D eigenvalue weighted by Gasteiger charge is -2.08. The lowest BCUT2D eigenvalue weighted by Crippen LogP contribution is -2.18. The van der Waals surface area contributed by atoms with Crippen molar-refractivity contribution in [2.24, 2.45) is 5.10 Å². The zero-order valence-electron chi connectivity index (χ0n) is 17.6. The number of carbonyl (C=O) groups is 2. The summed E-state index contributed by atoms with van der Waals surface area (Å²) in [6.45, 7) is 2.34. The van der Waals surface area contributed by atoms with E-state index in [0.717, 1.165) is 16.9 Å². The van der Waals surface area contributed by atoms with Crippen LogP contribution in [0.4, 0.5) is 0 Å². The van der Waals surface area contributed by atoms with Gasteiger partial charge < -0.3 is 9.47 Å². The summed E-state index contributed by atoms with van der Waals surface area (Å²) in [7, 11) is 0. The van der Waals surface area contributed by atoms with Crippen LogP contribution in [-0.2, 0) is 4.79 Å². The highest BCUT2D eigenvalue weighted by atomic mass is 35.5. The van der Waals surface area contributed by atoms with Gasteiger partial charge in [0.2, 0.25) is 5.91 Å². The summed E-state index contributed by atoms with van der Waals surface area (Å²) in [4.78, 5) is 24.0. The molecule has 0 aromatic heterocycles. The number of rotatable bonds is 9. The molecule has 0 radical (unpaired) electrons. The van der Waals surface area contributed by atoms with Crippen LogP contribution >= 0.6 is 11.6 Å². The van der Waals surface area contributed by atoms with Crippen LogP contribution < -0.4 is 14.9 Å². The number of nitrogens with zero attached hydrogens (tertiary/aromatic N) is 1. The van der Waals surface area contributed by atoms with E-state index in [1.165, 1.54) is 6.21 Å². The van der Waals surface area contributed by atoms with Crippen LogP contribution in [0.15, 0.2) is 77.9 Å². The van der Waals surface area contributed by atoms with Crippen molar-refractivity contribution in [1.82, 2.24) is 5.43 Å². The second kappa shape index (κ2) is 11.7. The Morgan fingerprint density at radius 3 is 2.50 bits per heavy atom. The third kappa shape index (κ3) is 7.25. The minimum atomic E-state index is -0.422. The summed E-state index contributed by atoms with van der Waals surface area (Å²) in [6.07, 6.45) is 2.37. The molecule has 0 spiro atoms. The van der Waals surface area contributed by atoms with E-state index in [2.05, 4.69) is 10.5 Å². The first kappa shape index (κ1) is 23.0. The smallest absolute Gasteiger partial charge is 0.343 e. The standard InChI is InChI=1S/C25H23ClN2O4/c1-18-16-21(26)11-14-23(18)31-15-5-8-24(29)28-27-17-19-9-12-22(13-10-19)32-25(30)20-6-3-2-4-7-20/h2-4,6-7,9-14,16-17H,5,8,15H2,1H3,(H,28,29). The fourth-order valence-electron chi connectivity index (χ4n) is 2.79. The van der Waals surface area contributed by atoms with Crippen molar-refractivity contribution < 1.29 is 19.1 Å². The molecule has 0 aliphatic rings. The average Bonchev–Trinajstić information content (AvgIpc) is 2.79. The number of benzene rings is 3. The predicted octanol–water partition coefficient (Wildman–Crippen LogP) is 5.18. The monoisotopic (exact) mass is 450 g/mol. The number of aryl methyl sites for hydroxylation is 1. The van der Waals surface area contributed by atoms with Crippen molar-refractivity contribution in [1.29, 1.82) is 0 Å². The normalized spacial score (nSPS) is 10.7. The summed E-state index contributed by atoms with van der Waals surface area (Å²) < 4.78 is 11.0. The van der Waals surface area contributed by atoms with E-state index in [-0.39, 0.29) is 5.91 Å². The Balaban J connectivity index is 1.37. The first-order chi connectivity index (χ1) is 15.5. The van der Waals surface area contributed by atoms with Gasteiger partial charge in [-0.25, -0.2) is 10.2 Å². The van der Waals surface area contributed by atoms with Gasteiger partial charge in [-0.2, -0.15) is 5.10 Å². The van der Waals surface area contributed by atoms with Gasteiger partial charge in [0, 0.05) is 11.4 Å². The SMILES string of the molecule is Cc1cc(Cl)ccc1OCCCC(=O)NN=Cc1ccc(OC(=O)c2ccccc2)cc1. The molecule has 0 atom stereocenters. The first-order valence-electron chi connectivity index (χ1n) is 10.1. The molecule has 32 heavy (non-hydrogen) atoms. The highest BCUT2D eigenvalue weighted by Crippen LogP contribution is 2.22. The molecule has 0 fully saturated rings. The molecule has 0 unspecified atom stereocenters. The Kier molecular flexibility index (Phi) is 8.40. The van der Waals surface area contributed by atoms with Gasteiger partial charge in [-0.3, -0.25) is 4.79 Å². The Labute approximate surface area is 191 Å². The van der Waals surface area contributed by atoms with Gasteiger partial charge >= 0.3 is 5.97 Å². The lowest BCUT2D eigenvalue weighted by atomic mass is 10.2. The molecule has 6 nitrogen and oxygen atoms in total. The molecule has 3 rings (SSSR count). The van der Waals surface area contributed by atoms with E-state index >= 15 is 0 Å². The predicted molar refractivity (Wildman–Crippen MR) is 124 cm³/mol. The number of halogens is 1. The van der Waals surface area contributed by atoms with Gasteiger partial charge in [-0.15, -0.1) is 0 Å². The average molecular weight is 451 g/mol. The molecule has 0 heterocycles. The number of hydrazone groups is 1. The van der Waals surface area contributed by atoms with Crippen molar-refractivity contribution in [3.63, 3.8) is 0 Å². The maximum absolute atomic E-state index is 12.1. The Morgan fingerprint density at radius 1 is 1.03 bits per heavy atom. The number of ether oxygens (including phenoxy) is 2. The molecular weight excluding hydrogens is 428 g/mol. The maximum Gasteiger partial charge on any atom is 0.343 e. The third-order valence-electron chi connectivity index (χ3n) is 4.45. The largest absolute Gasteiger partial charge is 0.493 e. The van der Waals surface area contributed by atoms with E-state index in [1.807, 2.05) is 25.1 Å². The molecule has 164 valence electrons. The molecule has 0 saturated heterocycles. The number of nitrogens with one attached hydrogen (secondary N) is 1. The number of hydrogen-bond donors (Lipinski definition) is 1. The van der Waals surface area contributed by atoms with Gasteiger partial charge in [0.25, 0.3) is 0 Å². The Bertz CT molecular complexity index is 1080. The molecule has 0 aliphatic heterocycles. The Morgan fingerprint density at radius 2 is 1.78 bits per heavy atom. The summed E-state index contributed by atoms with van der Waals surface area (Å²) >= 11 is 5.92. The van der Waals surface area contributed by atoms with Crippen molar-refractivity contribution in [2.45, 2.75) is 19.8 Å². The highest BCUT2D eigenvalue weighted by molar-refractivity contribution is 6.30. The van der Waals surface area contributed by atoms with Crippen LogP contribution in [0.5, 0.6) is 11.5 Å². The van der Waals surface area contributed by atoms with Gasteiger partial charge in [0.15, 0.2) is 0 Å². The summed E-state index contributed by atoms with van der Waals surface area (Å²) in [5.41, 5.74) is 4.68. The first-order valence-corrected chi connectivity index (χ1v) is 10.5. The topological polar surface area (TPSA) is 77.0 Å². The van der Waals surface area contributed by atoms with E-state index in [9.17, 15) is 9.59 Å². The fraction of sp³-hybridized carbons (Fsp3) is 0.160. The van der Waals surface area contributed by atoms with Gasteiger partial charge in [0.05, 0.1) is 18.4 Å². The minimum Gasteiger partial charge on any atom is -0.493 e. The van der Waals surface area contributed by atoms with Crippen LogP contribution in [0.25, 0.3) is 0 Å². The molecule has 0 bridgehead atoms. The number of amides is 1. The van der Waals surface area contributed by atoms with Crippen molar-refractivity contribution in [3.05, 3.63) is 94.5 Å². The van der Waals surface area contributed by atoms with Crippen molar-refractivity contribution in [3.8, 4) is 11.5 Å². The zero-order chi connectivity index (χ0) is 22.8. The molecule has 7 heteroatoms. The molecular formula is C25H23ClN2O4. The van der Waals surface area contributed by atoms with Gasteiger partial charge in [-0.05, 0) is 79.1 Å². The third-order valence-corrected chi connectivity index (χ3v) is 4.68. The number of esters is 1.